The summed E-state index contributed by atoms with van der Waals surface area (Å²) in [6.45, 7) is -0.276. The first-order chi connectivity index (χ1) is 18.4. The molecular formula is C22H37N7O9S. The number of carboxylic acids is 1. The maximum Gasteiger partial charge on any atom is 0.328 e. The molecule has 11 N–H and O–H groups in total. The SMILES string of the molecule is CSCC[C@H](NC(=O)[C@H](CCC(N)=O)NC(=O)[C@H](CC(N)=O)NC(=O)[C@@H]1CCCN1)C(=O)N[C@@H](CO)C(=O)O. The Kier molecular flexibility index (Phi) is 14.8. The van der Waals surface area contributed by atoms with E-state index in [0.717, 1.165) is 6.42 Å². The lowest BCUT2D eigenvalue weighted by Crippen LogP contribution is -2.59. The third-order valence-corrected chi connectivity index (χ3v) is 6.41. The fourth-order valence-electron chi connectivity index (χ4n) is 3.65. The van der Waals surface area contributed by atoms with Crippen LogP contribution in [-0.4, -0.2) is 107 Å². The van der Waals surface area contributed by atoms with Crippen LogP contribution in [0.3, 0.4) is 0 Å². The first kappa shape index (κ1) is 33.6. The number of carbonyl (C=O) groups is 7. The molecule has 0 spiro atoms. The minimum atomic E-state index is -1.61. The van der Waals surface area contributed by atoms with Crippen molar-refractivity contribution in [2.24, 2.45) is 11.5 Å². The van der Waals surface area contributed by atoms with Crippen molar-refractivity contribution >= 4 is 53.2 Å². The molecule has 0 radical (unpaired) electrons. The van der Waals surface area contributed by atoms with E-state index in [1.807, 2.05) is 0 Å². The molecule has 1 aliphatic rings. The zero-order valence-electron chi connectivity index (χ0n) is 21.6. The Bertz CT molecular complexity index is 914. The molecule has 1 fully saturated rings. The van der Waals surface area contributed by atoms with Gasteiger partial charge < -0.3 is 48.3 Å². The summed E-state index contributed by atoms with van der Waals surface area (Å²) in [5.41, 5.74) is 10.4. The van der Waals surface area contributed by atoms with Gasteiger partial charge in [-0.1, -0.05) is 0 Å². The van der Waals surface area contributed by atoms with E-state index in [9.17, 15) is 38.7 Å². The van der Waals surface area contributed by atoms with E-state index in [0.29, 0.717) is 18.7 Å². The van der Waals surface area contributed by atoms with Gasteiger partial charge in [-0.15, -0.1) is 0 Å². The van der Waals surface area contributed by atoms with Crippen molar-refractivity contribution in [1.82, 2.24) is 26.6 Å². The van der Waals surface area contributed by atoms with Crippen molar-refractivity contribution in [3.05, 3.63) is 0 Å². The van der Waals surface area contributed by atoms with Gasteiger partial charge in [0.2, 0.25) is 35.4 Å². The maximum absolute atomic E-state index is 13.1. The number of hydrogen-bond acceptors (Lipinski definition) is 10. The van der Waals surface area contributed by atoms with Gasteiger partial charge in [-0.2, -0.15) is 11.8 Å². The Morgan fingerprint density at radius 3 is 1.90 bits per heavy atom. The summed E-state index contributed by atoms with van der Waals surface area (Å²) in [6.07, 6.45) is 1.92. The van der Waals surface area contributed by atoms with Crippen molar-refractivity contribution in [3.63, 3.8) is 0 Å². The van der Waals surface area contributed by atoms with E-state index in [-0.39, 0.29) is 19.3 Å². The first-order valence-electron chi connectivity index (χ1n) is 12.2. The van der Waals surface area contributed by atoms with Crippen LogP contribution in [0, 0.1) is 0 Å². The minimum absolute atomic E-state index is 0.0712. The van der Waals surface area contributed by atoms with Crippen molar-refractivity contribution in [3.8, 4) is 0 Å². The van der Waals surface area contributed by atoms with Crippen molar-refractivity contribution < 1.29 is 43.8 Å². The van der Waals surface area contributed by atoms with Crippen LogP contribution in [0.2, 0.25) is 0 Å². The van der Waals surface area contributed by atoms with Crippen LogP contribution in [0.1, 0.15) is 38.5 Å². The Morgan fingerprint density at radius 1 is 0.872 bits per heavy atom. The highest BCUT2D eigenvalue weighted by atomic mass is 32.2. The third kappa shape index (κ3) is 12.3. The average molecular weight is 576 g/mol. The quantitative estimate of drug-likeness (QED) is 0.0753. The molecular weight excluding hydrogens is 538 g/mol. The number of hydrogen-bond donors (Lipinski definition) is 9. The Labute approximate surface area is 229 Å². The molecule has 1 heterocycles. The molecule has 0 unspecified atom stereocenters. The molecule has 1 aliphatic heterocycles. The molecule has 0 aromatic carbocycles. The minimum Gasteiger partial charge on any atom is -0.480 e. The second kappa shape index (κ2) is 17.2. The summed E-state index contributed by atoms with van der Waals surface area (Å²) in [5, 5.41) is 30.6. The molecule has 0 aromatic rings. The van der Waals surface area contributed by atoms with Crippen LogP contribution in [0.25, 0.3) is 0 Å². The maximum atomic E-state index is 13.1. The molecule has 1 saturated heterocycles. The van der Waals surface area contributed by atoms with Crippen LogP contribution in [-0.2, 0) is 33.6 Å². The lowest BCUT2D eigenvalue weighted by atomic mass is 10.1. The third-order valence-electron chi connectivity index (χ3n) is 5.77. The second-order valence-electron chi connectivity index (χ2n) is 8.87. The summed E-state index contributed by atoms with van der Waals surface area (Å²) in [6, 6.07) is -6.26. The largest absolute Gasteiger partial charge is 0.480 e. The van der Waals surface area contributed by atoms with Gasteiger partial charge in [0.15, 0.2) is 0 Å². The van der Waals surface area contributed by atoms with Gasteiger partial charge in [0.25, 0.3) is 0 Å². The Hall–Kier alpha value is -3.44. The normalized spacial score (nSPS) is 17.6. The van der Waals surface area contributed by atoms with Crippen molar-refractivity contribution in [1.29, 1.82) is 0 Å². The van der Waals surface area contributed by atoms with E-state index >= 15 is 0 Å². The number of carboxylic acid groups (broad SMARTS) is 1. The van der Waals surface area contributed by atoms with Gasteiger partial charge >= 0.3 is 5.97 Å². The topological polar surface area (TPSA) is 272 Å². The lowest BCUT2D eigenvalue weighted by molar-refractivity contribution is -0.143. The zero-order valence-corrected chi connectivity index (χ0v) is 22.4. The van der Waals surface area contributed by atoms with Gasteiger partial charge in [-0.3, -0.25) is 28.8 Å². The number of amides is 6. The first-order valence-corrected chi connectivity index (χ1v) is 13.6. The van der Waals surface area contributed by atoms with Crippen LogP contribution < -0.4 is 38.1 Å². The lowest BCUT2D eigenvalue weighted by Gasteiger charge is -2.26. The number of rotatable bonds is 18. The smallest absolute Gasteiger partial charge is 0.328 e. The number of carbonyl (C=O) groups excluding carboxylic acids is 6. The number of thioether (sulfide) groups is 1. The summed E-state index contributed by atoms with van der Waals surface area (Å²) < 4.78 is 0. The fraction of sp³-hybridized carbons (Fsp3) is 0.682. The molecule has 0 saturated carbocycles. The van der Waals surface area contributed by atoms with E-state index in [2.05, 4.69) is 26.6 Å². The number of primary amides is 2. The molecule has 5 atom stereocenters. The van der Waals surface area contributed by atoms with Gasteiger partial charge in [0.05, 0.1) is 19.1 Å². The highest BCUT2D eigenvalue weighted by molar-refractivity contribution is 7.98. The Morgan fingerprint density at radius 2 is 1.44 bits per heavy atom. The molecule has 0 aliphatic carbocycles. The number of aliphatic hydroxyl groups excluding tert-OH is 1. The highest BCUT2D eigenvalue weighted by Gasteiger charge is 2.33. The molecule has 0 bridgehead atoms. The summed E-state index contributed by atoms with van der Waals surface area (Å²) in [5.74, 6) is -6.01. The molecule has 0 aromatic heterocycles. The van der Waals surface area contributed by atoms with Crippen LogP contribution in [0.15, 0.2) is 0 Å². The summed E-state index contributed by atoms with van der Waals surface area (Å²) in [4.78, 5) is 85.4. The number of nitrogens with one attached hydrogen (secondary N) is 5. The van der Waals surface area contributed by atoms with E-state index < -0.39 is 84.6 Å². The monoisotopic (exact) mass is 575 g/mol. The molecule has 6 amide bonds. The summed E-state index contributed by atoms with van der Waals surface area (Å²) >= 11 is 1.35. The summed E-state index contributed by atoms with van der Waals surface area (Å²) in [7, 11) is 0. The predicted octanol–water partition coefficient (Wildman–Crippen LogP) is -4.35. The van der Waals surface area contributed by atoms with Gasteiger partial charge in [-0.25, -0.2) is 4.79 Å². The number of aliphatic carboxylic acids is 1. The van der Waals surface area contributed by atoms with Crippen molar-refractivity contribution in [2.75, 3.05) is 25.2 Å². The van der Waals surface area contributed by atoms with Crippen molar-refractivity contribution in [2.45, 2.75) is 68.7 Å². The average Bonchev–Trinajstić information content (AvgIpc) is 3.41. The number of aliphatic hydroxyl groups is 1. The molecule has 1 rings (SSSR count). The predicted molar refractivity (Wildman–Crippen MR) is 139 cm³/mol. The van der Waals surface area contributed by atoms with Gasteiger partial charge in [0, 0.05) is 6.42 Å². The molecule has 39 heavy (non-hydrogen) atoms. The Balaban J connectivity index is 3.06. The zero-order chi connectivity index (χ0) is 29.5. The molecule has 17 heteroatoms. The van der Waals surface area contributed by atoms with Gasteiger partial charge in [-0.05, 0) is 44.2 Å². The highest BCUT2D eigenvalue weighted by Crippen LogP contribution is 2.08. The molecule has 16 nitrogen and oxygen atoms in total. The number of nitrogens with two attached hydrogens (primary N) is 2. The second-order valence-corrected chi connectivity index (χ2v) is 9.86. The fourth-order valence-corrected chi connectivity index (χ4v) is 4.12. The van der Waals surface area contributed by atoms with E-state index in [1.165, 1.54) is 11.8 Å². The van der Waals surface area contributed by atoms with Crippen LogP contribution in [0.4, 0.5) is 0 Å². The standard InChI is InChI=1S/C22H37N7O9S/c1-39-8-6-13(20(35)29-15(10-30)22(37)38)27-19(34)12(4-5-16(23)31)26-21(36)14(9-17(24)32)28-18(33)11-3-2-7-25-11/h11-15,25,30H,2-10H2,1H3,(H2,23,31)(H2,24,32)(H,26,36)(H,27,34)(H,28,33)(H,29,35)(H,37,38)/t11-,12-,13-,14-,15-/m0/s1. The van der Waals surface area contributed by atoms with E-state index in [1.54, 1.807) is 6.26 Å². The molecule has 220 valence electrons. The van der Waals surface area contributed by atoms with Gasteiger partial charge in [0.1, 0.15) is 24.2 Å². The van der Waals surface area contributed by atoms with Crippen LogP contribution in [0.5, 0.6) is 0 Å². The van der Waals surface area contributed by atoms with Crippen LogP contribution >= 0.6 is 11.8 Å². The van der Waals surface area contributed by atoms with E-state index in [4.69, 9.17) is 16.6 Å².